The van der Waals surface area contributed by atoms with Crippen molar-refractivity contribution < 1.29 is 18.3 Å². The largest absolute Gasteiger partial charge is 0.460 e. The molecule has 0 aliphatic heterocycles. The van der Waals surface area contributed by atoms with Crippen molar-refractivity contribution in [2.24, 2.45) is 0 Å². The molecule has 1 aromatic carbocycles. The summed E-state index contributed by atoms with van der Waals surface area (Å²) < 4.78 is 23.9. The lowest BCUT2D eigenvalue weighted by Crippen LogP contribution is -2.07. The minimum Gasteiger partial charge on any atom is -0.460 e. The predicted octanol–water partition coefficient (Wildman–Crippen LogP) is 4.09. The number of rotatable bonds is 4. The Balaban J connectivity index is 2.48. The molecule has 0 fully saturated rings. The molecule has 0 spiro atoms. The average molecular weight is 291 g/mol. The number of hydrogen-bond acceptors (Lipinski definition) is 4. The van der Waals surface area contributed by atoms with Gasteiger partial charge in [0.15, 0.2) is 0 Å². The zero-order valence-corrected chi connectivity index (χ0v) is 12.6. The van der Waals surface area contributed by atoms with Crippen LogP contribution in [-0.2, 0) is 4.74 Å². The highest BCUT2D eigenvalue weighted by Crippen LogP contribution is 2.28. The van der Waals surface area contributed by atoms with Crippen LogP contribution in [0.5, 0.6) is 0 Å². The van der Waals surface area contributed by atoms with Crippen LogP contribution in [-0.4, -0.2) is 17.6 Å². The Kier molecular flexibility index (Phi) is 4.40. The topological polar surface area (TPSA) is 52.3 Å². The molecule has 0 saturated carbocycles. The third-order valence-corrected chi connectivity index (χ3v) is 3.07. The molecule has 0 amide bonds. The molecule has 0 saturated heterocycles. The van der Waals surface area contributed by atoms with Gasteiger partial charge in [-0.15, -0.1) is 0 Å². The fourth-order valence-electron chi connectivity index (χ4n) is 1.97. The summed E-state index contributed by atoms with van der Waals surface area (Å²) in [5, 5.41) is 0. The molecule has 4 nitrogen and oxygen atoms in total. The van der Waals surface area contributed by atoms with Crippen molar-refractivity contribution in [2.75, 3.05) is 6.61 Å². The van der Waals surface area contributed by atoms with Gasteiger partial charge in [-0.1, -0.05) is 13.8 Å². The van der Waals surface area contributed by atoms with Crippen molar-refractivity contribution in [3.8, 4) is 11.5 Å². The van der Waals surface area contributed by atoms with Crippen LogP contribution in [0.2, 0.25) is 0 Å². The lowest BCUT2D eigenvalue weighted by Gasteiger charge is -2.02. The summed E-state index contributed by atoms with van der Waals surface area (Å²) in [7, 11) is 0. The van der Waals surface area contributed by atoms with E-state index in [1.807, 2.05) is 13.8 Å². The normalized spacial score (nSPS) is 11.0. The number of oxazole rings is 1. The van der Waals surface area contributed by atoms with Gasteiger partial charge < -0.3 is 9.15 Å². The highest BCUT2D eigenvalue weighted by atomic mass is 19.1. The summed E-state index contributed by atoms with van der Waals surface area (Å²) in [6.07, 6.45) is 0. The van der Waals surface area contributed by atoms with Crippen molar-refractivity contribution in [2.45, 2.75) is 33.6 Å². The Morgan fingerprint density at radius 1 is 1.43 bits per heavy atom. The number of carbonyl (C=O) groups excluding carboxylic acids is 1. The fraction of sp³-hybridized carbons (Fsp3) is 0.375. The fourth-order valence-corrected chi connectivity index (χ4v) is 1.97. The molecule has 0 N–H and O–H groups in total. The summed E-state index contributed by atoms with van der Waals surface area (Å²) in [4.78, 5) is 16.3. The van der Waals surface area contributed by atoms with Crippen LogP contribution in [0.4, 0.5) is 4.39 Å². The van der Waals surface area contributed by atoms with Gasteiger partial charge in [0, 0.05) is 5.56 Å². The monoisotopic (exact) mass is 291 g/mol. The van der Waals surface area contributed by atoms with E-state index in [2.05, 4.69) is 4.98 Å². The highest BCUT2D eigenvalue weighted by molar-refractivity contribution is 5.88. The SMILES string of the molecule is CCOC(=O)c1oc(-c2ccc(F)c(C)c2)nc1C(C)C. The molecular weight excluding hydrogens is 273 g/mol. The minimum atomic E-state index is -0.529. The second-order valence-corrected chi connectivity index (χ2v) is 5.07. The van der Waals surface area contributed by atoms with E-state index in [4.69, 9.17) is 9.15 Å². The highest BCUT2D eigenvalue weighted by Gasteiger charge is 2.24. The molecule has 0 aliphatic rings. The first-order valence-corrected chi connectivity index (χ1v) is 6.88. The molecule has 0 bridgehead atoms. The summed E-state index contributed by atoms with van der Waals surface area (Å²) in [5.41, 5.74) is 1.67. The number of carbonyl (C=O) groups is 1. The Morgan fingerprint density at radius 3 is 2.71 bits per heavy atom. The standard InChI is InChI=1S/C16H18FNO3/c1-5-20-16(19)14-13(9(2)3)18-15(21-14)11-6-7-12(17)10(4)8-11/h6-9H,5H2,1-4H3. The van der Waals surface area contributed by atoms with Gasteiger partial charge in [0.05, 0.1) is 12.3 Å². The van der Waals surface area contributed by atoms with Crippen LogP contribution >= 0.6 is 0 Å². The number of hydrogen-bond donors (Lipinski definition) is 0. The molecule has 5 heteroatoms. The van der Waals surface area contributed by atoms with E-state index in [0.717, 1.165) is 0 Å². The van der Waals surface area contributed by atoms with E-state index in [1.54, 1.807) is 26.0 Å². The number of nitrogens with zero attached hydrogens (tertiary/aromatic N) is 1. The molecular formula is C16H18FNO3. The van der Waals surface area contributed by atoms with E-state index in [0.29, 0.717) is 22.7 Å². The molecule has 21 heavy (non-hydrogen) atoms. The van der Waals surface area contributed by atoms with Gasteiger partial charge in [-0.05, 0) is 43.5 Å². The van der Waals surface area contributed by atoms with E-state index >= 15 is 0 Å². The number of halogens is 1. The Hall–Kier alpha value is -2.17. The van der Waals surface area contributed by atoms with E-state index < -0.39 is 5.97 Å². The van der Waals surface area contributed by atoms with Crippen molar-refractivity contribution in [3.05, 3.63) is 41.0 Å². The predicted molar refractivity (Wildman–Crippen MR) is 76.7 cm³/mol. The van der Waals surface area contributed by atoms with Crippen LogP contribution in [0.1, 0.15) is 48.5 Å². The third kappa shape index (κ3) is 3.12. The first kappa shape index (κ1) is 15.2. The zero-order valence-electron chi connectivity index (χ0n) is 12.6. The maximum Gasteiger partial charge on any atom is 0.376 e. The smallest absolute Gasteiger partial charge is 0.376 e. The molecule has 1 aromatic heterocycles. The lowest BCUT2D eigenvalue weighted by molar-refractivity contribution is 0.0488. The average Bonchev–Trinajstić information content (AvgIpc) is 2.87. The summed E-state index contributed by atoms with van der Waals surface area (Å²) in [5.74, 6) is -0.393. The van der Waals surface area contributed by atoms with Crippen molar-refractivity contribution >= 4 is 5.97 Å². The molecule has 0 atom stereocenters. The quantitative estimate of drug-likeness (QED) is 0.796. The number of benzene rings is 1. The molecule has 0 unspecified atom stereocenters. The van der Waals surface area contributed by atoms with Crippen LogP contribution in [0.25, 0.3) is 11.5 Å². The first-order valence-electron chi connectivity index (χ1n) is 6.88. The van der Waals surface area contributed by atoms with Crippen molar-refractivity contribution in [1.82, 2.24) is 4.98 Å². The minimum absolute atomic E-state index is 0.0171. The summed E-state index contributed by atoms with van der Waals surface area (Å²) in [6, 6.07) is 4.57. The molecule has 112 valence electrons. The van der Waals surface area contributed by atoms with Crippen LogP contribution < -0.4 is 0 Å². The van der Waals surface area contributed by atoms with Gasteiger partial charge in [-0.3, -0.25) is 0 Å². The number of aryl methyl sites for hydroxylation is 1. The maximum atomic E-state index is 13.3. The summed E-state index contributed by atoms with van der Waals surface area (Å²) >= 11 is 0. The molecule has 2 aromatic rings. The zero-order chi connectivity index (χ0) is 15.6. The lowest BCUT2D eigenvalue weighted by atomic mass is 10.1. The van der Waals surface area contributed by atoms with Gasteiger partial charge in [0.25, 0.3) is 0 Å². The summed E-state index contributed by atoms with van der Waals surface area (Å²) in [6.45, 7) is 7.49. The van der Waals surface area contributed by atoms with Gasteiger partial charge >= 0.3 is 5.97 Å². The Morgan fingerprint density at radius 2 is 2.14 bits per heavy atom. The number of aromatic nitrogens is 1. The molecule has 2 rings (SSSR count). The van der Waals surface area contributed by atoms with Gasteiger partial charge in [-0.25, -0.2) is 14.2 Å². The van der Waals surface area contributed by atoms with Crippen molar-refractivity contribution in [3.63, 3.8) is 0 Å². The second-order valence-electron chi connectivity index (χ2n) is 5.07. The van der Waals surface area contributed by atoms with Gasteiger partial charge in [-0.2, -0.15) is 0 Å². The molecule has 1 heterocycles. The number of esters is 1. The third-order valence-electron chi connectivity index (χ3n) is 3.07. The van der Waals surface area contributed by atoms with Crippen LogP contribution in [0.15, 0.2) is 22.6 Å². The Labute approximate surface area is 122 Å². The van der Waals surface area contributed by atoms with Gasteiger partial charge in [0.2, 0.25) is 11.7 Å². The van der Waals surface area contributed by atoms with E-state index in [1.165, 1.54) is 6.07 Å². The molecule has 0 aliphatic carbocycles. The Bertz CT molecular complexity index is 662. The van der Waals surface area contributed by atoms with Gasteiger partial charge in [0.1, 0.15) is 5.82 Å². The second kappa shape index (κ2) is 6.08. The maximum absolute atomic E-state index is 13.3. The number of ether oxygens (including phenoxy) is 1. The van der Waals surface area contributed by atoms with Crippen LogP contribution in [0, 0.1) is 12.7 Å². The molecule has 0 radical (unpaired) electrons. The van der Waals surface area contributed by atoms with Crippen molar-refractivity contribution in [1.29, 1.82) is 0 Å². The van der Waals surface area contributed by atoms with E-state index in [-0.39, 0.29) is 24.1 Å². The van der Waals surface area contributed by atoms with Crippen LogP contribution in [0.3, 0.4) is 0 Å². The van der Waals surface area contributed by atoms with E-state index in [9.17, 15) is 9.18 Å². The first-order chi connectivity index (χ1) is 9.93.